The van der Waals surface area contributed by atoms with Crippen molar-refractivity contribution in [1.82, 2.24) is 14.7 Å². The van der Waals surface area contributed by atoms with E-state index in [9.17, 15) is 4.79 Å². The third-order valence-corrected chi connectivity index (χ3v) is 4.42. The summed E-state index contributed by atoms with van der Waals surface area (Å²) in [4.78, 5) is 16.1. The van der Waals surface area contributed by atoms with Gasteiger partial charge in [0.25, 0.3) is 0 Å². The first-order valence-corrected chi connectivity index (χ1v) is 7.35. The van der Waals surface area contributed by atoms with Crippen LogP contribution in [0.4, 0.5) is 11.5 Å². The van der Waals surface area contributed by atoms with Gasteiger partial charge < -0.3 is 15.5 Å². The summed E-state index contributed by atoms with van der Waals surface area (Å²) in [5.41, 5.74) is 8.05. The molecule has 6 nitrogen and oxygen atoms in total. The largest absolute Gasteiger partial charge is 0.394 e. The Morgan fingerprint density at radius 1 is 1.35 bits per heavy atom. The van der Waals surface area contributed by atoms with Crippen LogP contribution in [-0.4, -0.2) is 46.3 Å². The number of aromatic nitrogens is 2. The Bertz CT molecular complexity index is 536. The maximum Gasteiger partial charge on any atom is 0.223 e. The highest BCUT2D eigenvalue weighted by Gasteiger charge is 2.37. The lowest BCUT2D eigenvalue weighted by Gasteiger charge is -2.38. The van der Waals surface area contributed by atoms with Gasteiger partial charge >= 0.3 is 0 Å². The van der Waals surface area contributed by atoms with Crippen molar-refractivity contribution in [3.63, 3.8) is 0 Å². The highest BCUT2D eigenvalue weighted by Crippen LogP contribution is 2.33. The van der Waals surface area contributed by atoms with Crippen LogP contribution in [-0.2, 0) is 11.8 Å². The fourth-order valence-corrected chi connectivity index (χ4v) is 3.41. The van der Waals surface area contributed by atoms with Gasteiger partial charge in [0.15, 0.2) is 5.82 Å². The molecule has 1 aromatic heterocycles. The van der Waals surface area contributed by atoms with Crippen LogP contribution >= 0.6 is 0 Å². The van der Waals surface area contributed by atoms with E-state index in [4.69, 9.17) is 5.73 Å². The highest BCUT2D eigenvalue weighted by atomic mass is 16.2. The number of hydrogen-bond donors (Lipinski definition) is 1. The number of anilines is 2. The van der Waals surface area contributed by atoms with Crippen LogP contribution in [0.5, 0.6) is 0 Å². The Hall–Kier alpha value is -1.72. The topological polar surface area (TPSA) is 67.4 Å². The van der Waals surface area contributed by atoms with Gasteiger partial charge in [-0.2, -0.15) is 5.10 Å². The molecule has 20 heavy (non-hydrogen) atoms. The number of carbonyl (C=O) groups excluding carboxylic acids is 1. The van der Waals surface area contributed by atoms with E-state index < -0.39 is 0 Å². The number of amides is 1. The quantitative estimate of drug-likeness (QED) is 0.873. The fourth-order valence-electron chi connectivity index (χ4n) is 3.41. The summed E-state index contributed by atoms with van der Waals surface area (Å²) in [6, 6.07) is 0.341. The predicted molar refractivity (Wildman–Crippen MR) is 78.7 cm³/mol. The molecule has 0 aromatic carbocycles. The van der Waals surface area contributed by atoms with Crippen molar-refractivity contribution in [2.24, 2.45) is 7.05 Å². The van der Waals surface area contributed by atoms with E-state index >= 15 is 0 Å². The number of piperazine rings is 1. The summed E-state index contributed by atoms with van der Waals surface area (Å²) in [5.74, 6) is 1.63. The maximum absolute atomic E-state index is 11.7. The minimum atomic E-state index is 0.301. The van der Waals surface area contributed by atoms with Crippen molar-refractivity contribution in [2.45, 2.75) is 38.6 Å². The number of fused-ring (bicyclic) bond motifs is 1. The van der Waals surface area contributed by atoms with Gasteiger partial charge in [0.05, 0.1) is 11.4 Å². The summed E-state index contributed by atoms with van der Waals surface area (Å²) in [5, 5.41) is 4.55. The zero-order chi connectivity index (χ0) is 14.4. The lowest BCUT2D eigenvalue weighted by molar-refractivity contribution is -0.129. The van der Waals surface area contributed by atoms with Crippen LogP contribution in [0.2, 0.25) is 0 Å². The second-order valence-corrected chi connectivity index (χ2v) is 6.13. The van der Waals surface area contributed by atoms with E-state index in [2.05, 4.69) is 23.8 Å². The smallest absolute Gasteiger partial charge is 0.223 e. The predicted octanol–water partition coefficient (Wildman–Crippen LogP) is 0.937. The molecule has 0 spiro atoms. The molecule has 2 N–H and O–H groups in total. The van der Waals surface area contributed by atoms with Crippen LogP contribution in [0.15, 0.2) is 0 Å². The monoisotopic (exact) mass is 277 g/mol. The molecule has 0 aliphatic carbocycles. The van der Waals surface area contributed by atoms with Gasteiger partial charge in [-0.05, 0) is 12.3 Å². The zero-order valence-electron chi connectivity index (χ0n) is 12.5. The summed E-state index contributed by atoms with van der Waals surface area (Å²) >= 11 is 0. The minimum Gasteiger partial charge on any atom is -0.394 e. The number of carbonyl (C=O) groups is 1. The van der Waals surface area contributed by atoms with Gasteiger partial charge in [-0.25, -0.2) is 0 Å². The second kappa shape index (κ2) is 4.68. The Labute approximate surface area is 119 Å². The summed E-state index contributed by atoms with van der Waals surface area (Å²) < 4.78 is 1.89. The van der Waals surface area contributed by atoms with Gasteiger partial charge in [-0.1, -0.05) is 13.8 Å². The Morgan fingerprint density at radius 2 is 2.10 bits per heavy atom. The van der Waals surface area contributed by atoms with Gasteiger partial charge in [-0.3, -0.25) is 9.48 Å². The Balaban J connectivity index is 1.86. The van der Waals surface area contributed by atoms with Crippen molar-refractivity contribution in [3.05, 3.63) is 5.69 Å². The standard InChI is InChI=1S/C14H23N5O/c1-9(2)13-12(15)14(17(3)16-13)18-6-7-19-10(8-18)4-5-11(19)20/h9-10H,4-8,15H2,1-3H3. The number of nitrogens with two attached hydrogens (primary N) is 1. The molecule has 2 fully saturated rings. The fraction of sp³-hybridized carbons (Fsp3) is 0.714. The van der Waals surface area contributed by atoms with Crippen molar-refractivity contribution in [3.8, 4) is 0 Å². The molecule has 3 heterocycles. The molecule has 2 saturated heterocycles. The molecule has 6 heteroatoms. The minimum absolute atomic E-state index is 0.301. The average Bonchev–Trinajstić information content (AvgIpc) is 2.90. The summed E-state index contributed by atoms with van der Waals surface area (Å²) in [6.07, 6.45) is 1.65. The van der Waals surface area contributed by atoms with Crippen molar-refractivity contribution in [1.29, 1.82) is 0 Å². The first-order valence-electron chi connectivity index (χ1n) is 7.35. The molecule has 1 atom stereocenters. The van der Waals surface area contributed by atoms with Crippen LogP contribution < -0.4 is 10.6 Å². The van der Waals surface area contributed by atoms with Crippen molar-refractivity contribution >= 4 is 17.4 Å². The van der Waals surface area contributed by atoms with Crippen molar-refractivity contribution in [2.75, 3.05) is 30.3 Å². The van der Waals surface area contributed by atoms with Gasteiger partial charge in [0.2, 0.25) is 5.91 Å². The Kier molecular flexibility index (Phi) is 3.11. The molecular weight excluding hydrogens is 254 g/mol. The van der Waals surface area contributed by atoms with E-state index in [0.717, 1.165) is 43.3 Å². The van der Waals surface area contributed by atoms with Gasteiger partial charge in [0.1, 0.15) is 0 Å². The molecule has 1 unspecified atom stereocenters. The van der Waals surface area contributed by atoms with Gasteiger partial charge in [0, 0.05) is 39.1 Å². The number of hydrogen-bond acceptors (Lipinski definition) is 4. The first-order chi connectivity index (χ1) is 9.49. The average molecular weight is 277 g/mol. The number of rotatable bonds is 2. The van der Waals surface area contributed by atoms with E-state index in [0.29, 0.717) is 24.3 Å². The summed E-state index contributed by atoms with van der Waals surface area (Å²) in [7, 11) is 1.95. The number of nitrogens with zero attached hydrogens (tertiary/aromatic N) is 4. The van der Waals surface area contributed by atoms with E-state index in [1.165, 1.54) is 0 Å². The molecule has 0 saturated carbocycles. The van der Waals surface area contributed by atoms with E-state index in [1.807, 2.05) is 16.6 Å². The molecule has 2 aliphatic heterocycles. The maximum atomic E-state index is 11.7. The first kappa shape index (κ1) is 13.3. The molecule has 1 aromatic rings. The zero-order valence-corrected chi connectivity index (χ0v) is 12.5. The molecule has 1 amide bonds. The van der Waals surface area contributed by atoms with Crippen LogP contribution in [0, 0.1) is 0 Å². The molecule has 110 valence electrons. The lowest BCUT2D eigenvalue weighted by Crippen LogP contribution is -2.52. The van der Waals surface area contributed by atoms with E-state index in [-0.39, 0.29) is 0 Å². The second-order valence-electron chi connectivity index (χ2n) is 6.13. The normalized spacial score (nSPS) is 22.8. The molecule has 2 aliphatic rings. The molecule has 0 radical (unpaired) electrons. The molecule has 0 bridgehead atoms. The summed E-state index contributed by atoms with van der Waals surface area (Å²) in [6.45, 7) is 6.72. The third-order valence-electron chi connectivity index (χ3n) is 4.42. The molecule has 3 rings (SSSR count). The van der Waals surface area contributed by atoms with Crippen LogP contribution in [0.3, 0.4) is 0 Å². The molecular formula is C14H23N5O. The van der Waals surface area contributed by atoms with E-state index in [1.54, 1.807) is 0 Å². The lowest BCUT2D eigenvalue weighted by atomic mass is 10.1. The number of aryl methyl sites for hydroxylation is 1. The SMILES string of the molecule is CC(C)c1nn(C)c(N2CCN3C(=O)CCC3C2)c1N. The van der Waals surface area contributed by atoms with Gasteiger partial charge in [-0.15, -0.1) is 0 Å². The Morgan fingerprint density at radius 3 is 2.75 bits per heavy atom. The third kappa shape index (κ3) is 1.94. The highest BCUT2D eigenvalue weighted by molar-refractivity contribution is 5.79. The van der Waals surface area contributed by atoms with Crippen LogP contribution in [0.1, 0.15) is 38.3 Å². The van der Waals surface area contributed by atoms with Crippen LogP contribution in [0.25, 0.3) is 0 Å². The van der Waals surface area contributed by atoms with Crippen molar-refractivity contribution < 1.29 is 4.79 Å². The number of nitrogen functional groups attached to an aromatic ring is 1.